The Balaban J connectivity index is 2.21. The molecule has 0 bridgehead atoms. The molecule has 19 heavy (non-hydrogen) atoms. The number of aromatic nitrogens is 3. The molecule has 102 valence electrons. The Morgan fingerprint density at radius 2 is 2.05 bits per heavy atom. The Morgan fingerprint density at radius 3 is 2.68 bits per heavy atom. The van der Waals surface area contributed by atoms with Crippen molar-refractivity contribution in [3.63, 3.8) is 0 Å². The van der Waals surface area contributed by atoms with Crippen LogP contribution in [0.4, 0.5) is 0 Å². The second kappa shape index (κ2) is 5.90. The van der Waals surface area contributed by atoms with Crippen LogP contribution in [0.1, 0.15) is 37.3 Å². The van der Waals surface area contributed by atoms with Gasteiger partial charge in [-0.15, -0.1) is 0 Å². The van der Waals surface area contributed by atoms with Gasteiger partial charge in [0.25, 0.3) is 0 Å². The average Bonchev–Trinajstić information content (AvgIpc) is 2.76. The Bertz CT molecular complexity index is 566. The molecular weight excluding hydrogens is 283 g/mol. The van der Waals surface area contributed by atoms with E-state index in [0.29, 0.717) is 16.5 Å². The van der Waals surface area contributed by atoms with Gasteiger partial charge in [-0.3, -0.25) is 0 Å². The SMILES string of the molecule is CC(C)n1ncnc1CC(N)c1ccc(Cl)cc1Cl. The lowest BCUT2D eigenvalue weighted by atomic mass is 10.0. The molecule has 1 aromatic carbocycles. The molecule has 0 saturated carbocycles. The second-order valence-corrected chi connectivity index (χ2v) is 5.53. The second-order valence-electron chi connectivity index (χ2n) is 4.69. The van der Waals surface area contributed by atoms with E-state index in [2.05, 4.69) is 23.9 Å². The van der Waals surface area contributed by atoms with Crippen LogP contribution in [-0.4, -0.2) is 14.8 Å². The third-order valence-corrected chi connectivity index (χ3v) is 3.46. The van der Waals surface area contributed by atoms with E-state index in [1.807, 2.05) is 10.7 Å². The molecule has 6 heteroatoms. The van der Waals surface area contributed by atoms with Gasteiger partial charge in [-0.05, 0) is 31.5 Å². The van der Waals surface area contributed by atoms with Gasteiger partial charge in [0.05, 0.1) is 0 Å². The van der Waals surface area contributed by atoms with E-state index in [1.54, 1.807) is 18.5 Å². The van der Waals surface area contributed by atoms with Gasteiger partial charge in [0, 0.05) is 28.5 Å². The molecule has 0 amide bonds. The minimum Gasteiger partial charge on any atom is -0.324 e. The number of benzene rings is 1. The number of halogens is 2. The summed E-state index contributed by atoms with van der Waals surface area (Å²) in [6.07, 6.45) is 2.13. The molecule has 0 fully saturated rings. The van der Waals surface area contributed by atoms with E-state index in [-0.39, 0.29) is 12.1 Å². The number of nitrogens with zero attached hydrogens (tertiary/aromatic N) is 3. The zero-order chi connectivity index (χ0) is 14.0. The van der Waals surface area contributed by atoms with Gasteiger partial charge in [0.1, 0.15) is 12.2 Å². The maximum atomic E-state index is 6.20. The monoisotopic (exact) mass is 298 g/mol. The minimum absolute atomic E-state index is 0.230. The Morgan fingerprint density at radius 1 is 1.32 bits per heavy atom. The topological polar surface area (TPSA) is 56.7 Å². The molecule has 1 atom stereocenters. The van der Waals surface area contributed by atoms with E-state index in [0.717, 1.165) is 11.4 Å². The summed E-state index contributed by atoms with van der Waals surface area (Å²) in [5.41, 5.74) is 7.06. The first-order valence-corrected chi connectivity index (χ1v) is 6.83. The van der Waals surface area contributed by atoms with Crippen molar-refractivity contribution >= 4 is 23.2 Å². The maximum absolute atomic E-state index is 6.20. The summed E-state index contributed by atoms with van der Waals surface area (Å²) in [4.78, 5) is 4.25. The molecule has 0 aliphatic carbocycles. The molecule has 4 nitrogen and oxygen atoms in total. The Hall–Kier alpha value is -1.10. The van der Waals surface area contributed by atoms with E-state index < -0.39 is 0 Å². The van der Waals surface area contributed by atoms with Crippen LogP contribution in [0.5, 0.6) is 0 Å². The van der Waals surface area contributed by atoms with Crippen LogP contribution in [-0.2, 0) is 6.42 Å². The first-order valence-electron chi connectivity index (χ1n) is 6.08. The van der Waals surface area contributed by atoms with E-state index in [9.17, 15) is 0 Å². The van der Waals surface area contributed by atoms with Crippen molar-refractivity contribution in [2.24, 2.45) is 5.73 Å². The third-order valence-electron chi connectivity index (χ3n) is 2.90. The van der Waals surface area contributed by atoms with E-state index in [4.69, 9.17) is 28.9 Å². The van der Waals surface area contributed by atoms with Crippen molar-refractivity contribution in [2.75, 3.05) is 0 Å². The van der Waals surface area contributed by atoms with Gasteiger partial charge in [0.15, 0.2) is 0 Å². The fraction of sp³-hybridized carbons (Fsp3) is 0.385. The predicted octanol–water partition coefficient (Wildman–Crippen LogP) is 3.41. The molecule has 2 aromatic rings. The van der Waals surface area contributed by atoms with Crippen molar-refractivity contribution in [2.45, 2.75) is 32.4 Å². The highest BCUT2D eigenvalue weighted by molar-refractivity contribution is 6.35. The maximum Gasteiger partial charge on any atom is 0.138 e. The largest absolute Gasteiger partial charge is 0.324 e. The molecule has 1 unspecified atom stereocenters. The predicted molar refractivity (Wildman–Crippen MR) is 77.5 cm³/mol. The van der Waals surface area contributed by atoms with E-state index >= 15 is 0 Å². The van der Waals surface area contributed by atoms with Crippen LogP contribution in [0.3, 0.4) is 0 Å². The van der Waals surface area contributed by atoms with Crippen LogP contribution in [0.15, 0.2) is 24.5 Å². The number of hydrogen-bond acceptors (Lipinski definition) is 3. The van der Waals surface area contributed by atoms with Gasteiger partial charge < -0.3 is 5.73 Å². The van der Waals surface area contributed by atoms with Crippen molar-refractivity contribution in [3.8, 4) is 0 Å². The van der Waals surface area contributed by atoms with Crippen molar-refractivity contribution < 1.29 is 0 Å². The molecule has 1 aromatic heterocycles. The van der Waals surface area contributed by atoms with E-state index in [1.165, 1.54) is 0 Å². The minimum atomic E-state index is -0.230. The fourth-order valence-electron chi connectivity index (χ4n) is 1.96. The van der Waals surface area contributed by atoms with Gasteiger partial charge in [-0.25, -0.2) is 9.67 Å². The highest BCUT2D eigenvalue weighted by atomic mass is 35.5. The summed E-state index contributed by atoms with van der Waals surface area (Å²) >= 11 is 12.0. The lowest BCUT2D eigenvalue weighted by molar-refractivity contribution is 0.493. The highest BCUT2D eigenvalue weighted by Gasteiger charge is 2.16. The number of nitrogens with two attached hydrogens (primary N) is 1. The first-order chi connectivity index (χ1) is 8.99. The lowest BCUT2D eigenvalue weighted by Crippen LogP contribution is -2.18. The van der Waals surface area contributed by atoms with Gasteiger partial charge in [-0.2, -0.15) is 5.10 Å². The zero-order valence-corrected chi connectivity index (χ0v) is 12.4. The van der Waals surface area contributed by atoms with Crippen LogP contribution in [0, 0.1) is 0 Å². The molecule has 0 spiro atoms. The molecule has 1 heterocycles. The molecule has 2 N–H and O–H groups in total. The Labute approximate surface area is 122 Å². The van der Waals surface area contributed by atoms with Crippen molar-refractivity contribution in [1.82, 2.24) is 14.8 Å². The molecular formula is C13H16Cl2N4. The molecule has 0 saturated heterocycles. The summed E-state index contributed by atoms with van der Waals surface area (Å²) in [5.74, 6) is 0.855. The van der Waals surface area contributed by atoms with Crippen LogP contribution >= 0.6 is 23.2 Å². The molecule has 0 radical (unpaired) electrons. The third kappa shape index (κ3) is 3.26. The Kier molecular flexibility index (Phi) is 4.45. The normalized spacial score (nSPS) is 12.9. The van der Waals surface area contributed by atoms with Crippen LogP contribution in [0.25, 0.3) is 0 Å². The number of rotatable bonds is 4. The van der Waals surface area contributed by atoms with Crippen molar-refractivity contribution in [3.05, 3.63) is 46.0 Å². The zero-order valence-electron chi connectivity index (χ0n) is 10.8. The van der Waals surface area contributed by atoms with Crippen LogP contribution < -0.4 is 5.73 Å². The summed E-state index contributed by atoms with van der Waals surface area (Å²) in [6.45, 7) is 4.11. The molecule has 2 rings (SSSR count). The standard InChI is InChI=1S/C13H16Cl2N4/c1-8(2)19-13(17-7-18-19)6-12(16)10-4-3-9(14)5-11(10)15/h3-5,7-8,12H,6,16H2,1-2H3. The van der Waals surface area contributed by atoms with Crippen molar-refractivity contribution in [1.29, 1.82) is 0 Å². The quantitative estimate of drug-likeness (QED) is 0.941. The molecule has 0 aliphatic rings. The van der Waals surface area contributed by atoms with Gasteiger partial charge in [-0.1, -0.05) is 29.3 Å². The highest BCUT2D eigenvalue weighted by Crippen LogP contribution is 2.27. The van der Waals surface area contributed by atoms with Crippen LogP contribution in [0.2, 0.25) is 10.0 Å². The number of hydrogen-bond donors (Lipinski definition) is 1. The summed E-state index contributed by atoms with van der Waals surface area (Å²) in [6, 6.07) is 5.36. The summed E-state index contributed by atoms with van der Waals surface area (Å²) in [5, 5.41) is 5.38. The average molecular weight is 299 g/mol. The lowest BCUT2D eigenvalue weighted by Gasteiger charge is -2.15. The summed E-state index contributed by atoms with van der Waals surface area (Å²) < 4.78 is 1.86. The van der Waals surface area contributed by atoms with Gasteiger partial charge in [0.2, 0.25) is 0 Å². The van der Waals surface area contributed by atoms with Gasteiger partial charge >= 0.3 is 0 Å². The molecule has 0 aliphatic heterocycles. The fourth-order valence-corrected chi connectivity index (χ4v) is 2.51. The first kappa shape index (κ1) is 14.3. The smallest absolute Gasteiger partial charge is 0.138 e. The summed E-state index contributed by atoms with van der Waals surface area (Å²) in [7, 11) is 0.